The van der Waals surface area contributed by atoms with E-state index in [1.54, 1.807) is 38.5 Å². The minimum atomic E-state index is -0.634. The Labute approximate surface area is 144 Å². The number of carbonyl (C=O) groups excluding carboxylic acids is 2. The Morgan fingerprint density at radius 2 is 2.04 bits per heavy atom. The molecule has 24 heavy (non-hydrogen) atoms. The first-order valence-electron chi connectivity index (χ1n) is 7.39. The number of imidazole rings is 1. The van der Waals surface area contributed by atoms with E-state index in [2.05, 4.69) is 9.97 Å². The van der Waals surface area contributed by atoms with Gasteiger partial charge in [0, 0.05) is 13.2 Å². The maximum absolute atomic E-state index is 12.6. The average molecular weight is 349 g/mol. The van der Waals surface area contributed by atoms with E-state index in [4.69, 9.17) is 16.3 Å². The number of ether oxygens (including phenoxy) is 1. The van der Waals surface area contributed by atoms with Crippen LogP contribution in [0, 0.1) is 0 Å². The van der Waals surface area contributed by atoms with E-state index in [0.29, 0.717) is 11.4 Å². The number of aromatic nitrogens is 3. The Balaban J connectivity index is 2.16. The van der Waals surface area contributed by atoms with Gasteiger partial charge in [0.25, 0.3) is 5.91 Å². The highest BCUT2D eigenvalue weighted by atomic mass is 35.5. The Morgan fingerprint density at radius 3 is 2.71 bits per heavy atom. The largest absolute Gasteiger partial charge is 0.455 e. The summed E-state index contributed by atoms with van der Waals surface area (Å²) < 4.78 is 7.09. The molecule has 0 N–H and O–H groups in total. The number of carbonyl (C=O) groups is 2. The third-order valence-corrected chi connectivity index (χ3v) is 3.84. The van der Waals surface area contributed by atoms with Crippen molar-refractivity contribution in [1.29, 1.82) is 0 Å². The molecule has 3 rings (SSSR count). The summed E-state index contributed by atoms with van der Waals surface area (Å²) >= 11 is 6.11. The Morgan fingerprint density at radius 1 is 1.33 bits per heavy atom. The SMILES string of the molecule is CN1Cc2c(C(=O)OC(C)(C)C)ncn2-c2ccnc(Cl)c2C1=O. The summed E-state index contributed by atoms with van der Waals surface area (Å²) in [7, 11) is 1.64. The zero-order valence-corrected chi connectivity index (χ0v) is 14.6. The molecule has 0 fully saturated rings. The average Bonchev–Trinajstić information content (AvgIpc) is 2.83. The number of hydrogen-bond donors (Lipinski definition) is 0. The zero-order valence-electron chi connectivity index (χ0n) is 13.8. The second-order valence-corrected chi connectivity index (χ2v) is 6.93. The Bertz CT molecular complexity index is 838. The molecule has 0 saturated carbocycles. The van der Waals surface area contributed by atoms with E-state index in [9.17, 15) is 9.59 Å². The molecule has 1 aliphatic heterocycles. The molecule has 8 heteroatoms. The molecular weight excluding hydrogens is 332 g/mol. The van der Waals surface area contributed by atoms with Crippen molar-refractivity contribution in [3.63, 3.8) is 0 Å². The van der Waals surface area contributed by atoms with Gasteiger partial charge in [-0.25, -0.2) is 14.8 Å². The Kier molecular flexibility index (Phi) is 3.83. The van der Waals surface area contributed by atoms with Gasteiger partial charge < -0.3 is 9.64 Å². The van der Waals surface area contributed by atoms with Gasteiger partial charge in [0.2, 0.25) is 0 Å². The van der Waals surface area contributed by atoms with Crippen molar-refractivity contribution >= 4 is 23.5 Å². The molecule has 0 bridgehead atoms. The monoisotopic (exact) mass is 348 g/mol. The molecule has 1 aliphatic rings. The number of rotatable bonds is 1. The van der Waals surface area contributed by atoms with Crippen LogP contribution in [0.1, 0.15) is 47.3 Å². The predicted octanol–water partition coefficient (Wildman–Crippen LogP) is 2.46. The van der Waals surface area contributed by atoms with Gasteiger partial charge in [-0.1, -0.05) is 11.6 Å². The second-order valence-electron chi connectivity index (χ2n) is 6.57. The highest BCUT2D eigenvalue weighted by Crippen LogP contribution is 2.29. The maximum Gasteiger partial charge on any atom is 0.359 e. The van der Waals surface area contributed by atoms with Crippen LogP contribution in [-0.2, 0) is 11.3 Å². The van der Waals surface area contributed by atoms with Crippen molar-refractivity contribution in [2.24, 2.45) is 0 Å². The van der Waals surface area contributed by atoms with Gasteiger partial charge in [0.15, 0.2) is 5.69 Å². The van der Waals surface area contributed by atoms with Gasteiger partial charge in [0.05, 0.1) is 17.9 Å². The molecule has 0 aromatic carbocycles. The minimum Gasteiger partial charge on any atom is -0.455 e. The third kappa shape index (κ3) is 2.75. The summed E-state index contributed by atoms with van der Waals surface area (Å²) in [6.45, 7) is 5.57. The molecular formula is C16H17ClN4O3. The molecule has 0 radical (unpaired) electrons. The van der Waals surface area contributed by atoms with Gasteiger partial charge in [0.1, 0.15) is 22.6 Å². The van der Waals surface area contributed by atoms with Gasteiger partial charge in [-0.05, 0) is 26.8 Å². The quantitative estimate of drug-likeness (QED) is 0.584. The number of pyridine rings is 1. The van der Waals surface area contributed by atoms with Gasteiger partial charge >= 0.3 is 5.97 Å². The van der Waals surface area contributed by atoms with E-state index in [1.807, 2.05) is 0 Å². The number of esters is 1. The van der Waals surface area contributed by atoms with E-state index < -0.39 is 11.6 Å². The summed E-state index contributed by atoms with van der Waals surface area (Å²) in [6.07, 6.45) is 3.01. The lowest BCUT2D eigenvalue weighted by atomic mass is 10.2. The van der Waals surface area contributed by atoms with Crippen LogP contribution in [0.4, 0.5) is 0 Å². The summed E-state index contributed by atoms with van der Waals surface area (Å²) in [5, 5.41) is 0.115. The number of fused-ring (bicyclic) bond motifs is 3. The molecule has 2 aromatic rings. The molecule has 1 amide bonds. The first-order valence-corrected chi connectivity index (χ1v) is 7.77. The van der Waals surface area contributed by atoms with E-state index in [0.717, 1.165) is 0 Å². The second kappa shape index (κ2) is 5.59. The molecule has 0 unspecified atom stereocenters. The smallest absolute Gasteiger partial charge is 0.359 e. The molecule has 0 spiro atoms. The molecule has 0 atom stereocenters. The van der Waals surface area contributed by atoms with Gasteiger partial charge in [-0.3, -0.25) is 9.36 Å². The van der Waals surface area contributed by atoms with E-state index in [-0.39, 0.29) is 28.9 Å². The van der Waals surface area contributed by atoms with Gasteiger partial charge in [-0.2, -0.15) is 0 Å². The molecule has 126 valence electrons. The van der Waals surface area contributed by atoms with Crippen LogP contribution in [0.3, 0.4) is 0 Å². The standard InChI is InChI=1S/C16H17ClN4O3/c1-16(2,3)24-15(23)12-10-7-20(4)14(22)11-9(21(10)8-19-12)5-6-18-13(11)17/h5-6,8H,7H2,1-4H3. The summed E-state index contributed by atoms with van der Waals surface area (Å²) in [4.78, 5) is 34.7. The summed E-state index contributed by atoms with van der Waals surface area (Å²) in [5.41, 5.74) is 0.951. The maximum atomic E-state index is 12.6. The lowest BCUT2D eigenvalue weighted by Crippen LogP contribution is -2.28. The normalized spacial score (nSPS) is 14.0. The fourth-order valence-electron chi connectivity index (χ4n) is 2.54. The van der Waals surface area contributed by atoms with Crippen LogP contribution in [0.5, 0.6) is 0 Å². The van der Waals surface area contributed by atoms with Crippen LogP contribution in [-0.4, -0.2) is 44.0 Å². The third-order valence-electron chi connectivity index (χ3n) is 3.55. The number of halogens is 1. The lowest BCUT2D eigenvalue weighted by Gasteiger charge is -2.19. The zero-order chi connectivity index (χ0) is 17.6. The highest BCUT2D eigenvalue weighted by Gasteiger charge is 2.31. The van der Waals surface area contributed by atoms with Crippen molar-refractivity contribution in [2.45, 2.75) is 32.9 Å². The van der Waals surface area contributed by atoms with Crippen LogP contribution < -0.4 is 0 Å². The molecule has 2 aromatic heterocycles. The molecule has 0 aliphatic carbocycles. The predicted molar refractivity (Wildman–Crippen MR) is 87.3 cm³/mol. The topological polar surface area (TPSA) is 77.3 Å². The van der Waals surface area contributed by atoms with E-state index >= 15 is 0 Å². The highest BCUT2D eigenvalue weighted by molar-refractivity contribution is 6.33. The first kappa shape index (κ1) is 16.4. The van der Waals surface area contributed by atoms with E-state index in [1.165, 1.54) is 17.4 Å². The van der Waals surface area contributed by atoms with Crippen LogP contribution >= 0.6 is 11.6 Å². The van der Waals surface area contributed by atoms with Gasteiger partial charge in [-0.15, -0.1) is 0 Å². The van der Waals surface area contributed by atoms with Crippen molar-refractivity contribution in [3.05, 3.63) is 40.7 Å². The molecule has 7 nitrogen and oxygen atoms in total. The number of amides is 1. The van der Waals surface area contributed by atoms with Crippen molar-refractivity contribution in [3.8, 4) is 5.69 Å². The van der Waals surface area contributed by atoms with Crippen molar-refractivity contribution < 1.29 is 14.3 Å². The fraction of sp³-hybridized carbons (Fsp3) is 0.375. The first-order chi connectivity index (χ1) is 11.2. The van der Waals surface area contributed by atoms with Crippen LogP contribution in [0.2, 0.25) is 5.15 Å². The van der Waals surface area contributed by atoms with Crippen LogP contribution in [0.15, 0.2) is 18.6 Å². The molecule has 0 saturated heterocycles. The number of hydrogen-bond acceptors (Lipinski definition) is 5. The Hall–Kier alpha value is -2.41. The van der Waals surface area contributed by atoms with Crippen molar-refractivity contribution in [1.82, 2.24) is 19.4 Å². The minimum absolute atomic E-state index is 0.115. The summed E-state index contributed by atoms with van der Waals surface area (Å²) in [6, 6.07) is 1.67. The fourth-order valence-corrected chi connectivity index (χ4v) is 2.78. The summed E-state index contributed by atoms with van der Waals surface area (Å²) in [5.74, 6) is -0.789. The lowest BCUT2D eigenvalue weighted by molar-refractivity contribution is 0.00608. The van der Waals surface area contributed by atoms with Crippen molar-refractivity contribution in [2.75, 3.05) is 7.05 Å². The molecule has 3 heterocycles. The number of nitrogens with zero attached hydrogens (tertiary/aromatic N) is 4. The van der Waals surface area contributed by atoms with Crippen LogP contribution in [0.25, 0.3) is 5.69 Å².